The third kappa shape index (κ3) is 2.73. The molecule has 4 rings (SSSR count). The standard InChI is InChI=1S/C17H19N5O/c1-23-15-4-2-13(3-5-15)17-19-16-12-14(6-9-22(16)20-17)21-10-7-18-8-11-21/h2-6,9,12,18H,7-8,10-11H2,1H3. The predicted molar refractivity (Wildman–Crippen MR) is 90.1 cm³/mol. The van der Waals surface area contributed by atoms with Crippen molar-refractivity contribution in [2.45, 2.75) is 0 Å². The number of rotatable bonds is 3. The van der Waals surface area contributed by atoms with E-state index in [2.05, 4.69) is 32.4 Å². The van der Waals surface area contributed by atoms with Crippen molar-refractivity contribution in [2.75, 3.05) is 38.2 Å². The Labute approximate surface area is 134 Å². The molecule has 0 radical (unpaired) electrons. The van der Waals surface area contributed by atoms with Gasteiger partial charge < -0.3 is 15.0 Å². The van der Waals surface area contributed by atoms with E-state index in [0.29, 0.717) is 0 Å². The second-order valence-electron chi connectivity index (χ2n) is 5.59. The number of aromatic nitrogens is 3. The number of hydrogen-bond donors (Lipinski definition) is 1. The van der Waals surface area contributed by atoms with Crippen molar-refractivity contribution in [1.29, 1.82) is 0 Å². The summed E-state index contributed by atoms with van der Waals surface area (Å²) in [5, 5.41) is 7.93. The molecule has 3 heterocycles. The first-order valence-corrected chi connectivity index (χ1v) is 7.80. The Hall–Kier alpha value is -2.60. The molecule has 2 aromatic heterocycles. The highest BCUT2D eigenvalue weighted by Crippen LogP contribution is 2.22. The third-order valence-corrected chi connectivity index (χ3v) is 4.15. The smallest absolute Gasteiger partial charge is 0.182 e. The number of nitrogens with one attached hydrogen (secondary N) is 1. The average Bonchev–Trinajstić information content (AvgIpc) is 3.06. The van der Waals surface area contributed by atoms with Gasteiger partial charge in [0.1, 0.15) is 5.75 Å². The minimum Gasteiger partial charge on any atom is -0.497 e. The quantitative estimate of drug-likeness (QED) is 0.800. The largest absolute Gasteiger partial charge is 0.497 e. The van der Waals surface area contributed by atoms with Crippen LogP contribution in [-0.4, -0.2) is 47.9 Å². The summed E-state index contributed by atoms with van der Waals surface area (Å²) in [6.45, 7) is 4.09. The lowest BCUT2D eigenvalue weighted by Gasteiger charge is -2.29. The number of nitrogens with zero attached hydrogens (tertiary/aromatic N) is 4. The molecule has 0 atom stereocenters. The molecule has 0 amide bonds. The van der Waals surface area contributed by atoms with Crippen LogP contribution < -0.4 is 15.0 Å². The summed E-state index contributed by atoms with van der Waals surface area (Å²) in [5.74, 6) is 1.56. The van der Waals surface area contributed by atoms with Gasteiger partial charge in [0.15, 0.2) is 11.5 Å². The van der Waals surface area contributed by atoms with Crippen molar-refractivity contribution in [2.24, 2.45) is 0 Å². The first-order chi connectivity index (χ1) is 11.3. The van der Waals surface area contributed by atoms with Crippen LogP contribution in [0.2, 0.25) is 0 Å². The third-order valence-electron chi connectivity index (χ3n) is 4.15. The number of benzene rings is 1. The Balaban J connectivity index is 1.66. The second kappa shape index (κ2) is 5.89. The summed E-state index contributed by atoms with van der Waals surface area (Å²) < 4.78 is 7.01. The normalized spacial score (nSPS) is 15.1. The summed E-state index contributed by atoms with van der Waals surface area (Å²) in [7, 11) is 1.66. The molecule has 1 saturated heterocycles. The van der Waals surface area contributed by atoms with E-state index in [1.807, 2.05) is 35.0 Å². The lowest BCUT2D eigenvalue weighted by atomic mass is 10.2. The first-order valence-electron chi connectivity index (χ1n) is 7.80. The fourth-order valence-electron chi connectivity index (χ4n) is 2.85. The van der Waals surface area contributed by atoms with Gasteiger partial charge in [0.2, 0.25) is 0 Å². The van der Waals surface area contributed by atoms with E-state index < -0.39 is 0 Å². The SMILES string of the molecule is COc1ccc(-c2nc3cc(N4CCNCC4)ccn3n2)cc1. The molecule has 1 aliphatic rings. The van der Waals surface area contributed by atoms with Gasteiger partial charge in [0, 0.05) is 49.7 Å². The summed E-state index contributed by atoms with van der Waals surface area (Å²) in [6, 6.07) is 12.0. The van der Waals surface area contributed by atoms with Gasteiger partial charge in [-0.3, -0.25) is 0 Å². The molecule has 3 aromatic rings. The van der Waals surface area contributed by atoms with Gasteiger partial charge in [-0.15, -0.1) is 5.10 Å². The van der Waals surface area contributed by atoms with Gasteiger partial charge >= 0.3 is 0 Å². The van der Waals surface area contributed by atoms with Crippen LogP contribution in [0, 0.1) is 0 Å². The molecule has 23 heavy (non-hydrogen) atoms. The summed E-state index contributed by atoms with van der Waals surface area (Å²) >= 11 is 0. The number of anilines is 1. The molecule has 0 unspecified atom stereocenters. The zero-order valence-electron chi connectivity index (χ0n) is 13.1. The fraction of sp³-hybridized carbons (Fsp3) is 0.294. The van der Waals surface area contributed by atoms with Crippen LogP contribution in [0.15, 0.2) is 42.6 Å². The van der Waals surface area contributed by atoms with Crippen molar-refractivity contribution in [3.05, 3.63) is 42.6 Å². The predicted octanol–water partition coefficient (Wildman–Crippen LogP) is 1.81. The van der Waals surface area contributed by atoms with E-state index in [1.54, 1.807) is 7.11 Å². The van der Waals surface area contributed by atoms with Crippen LogP contribution in [0.25, 0.3) is 17.0 Å². The minimum atomic E-state index is 0.727. The highest BCUT2D eigenvalue weighted by molar-refractivity contribution is 5.62. The molecular formula is C17H19N5O. The minimum absolute atomic E-state index is 0.727. The zero-order chi connectivity index (χ0) is 15.6. The van der Waals surface area contributed by atoms with Gasteiger partial charge in [-0.2, -0.15) is 0 Å². The van der Waals surface area contributed by atoms with Crippen LogP contribution >= 0.6 is 0 Å². The number of methoxy groups -OCH3 is 1. The molecule has 6 nitrogen and oxygen atoms in total. The maximum Gasteiger partial charge on any atom is 0.182 e. The Kier molecular flexibility index (Phi) is 3.59. The topological polar surface area (TPSA) is 54.7 Å². The van der Waals surface area contributed by atoms with Crippen LogP contribution in [0.3, 0.4) is 0 Å². The van der Waals surface area contributed by atoms with E-state index in [-0.39, 0.29) is 0 Å². The molecule has 1 aromatic carbocycles. The van der Waals surface area contributed by atoms with Crippen molar-refractivity contribution in [3.8, 4) is 17.1 Å². The monoisotopic (exact) mass is 309 g/mol. The number of hydrogen-bond acceptors (Lipinski definition) is 5. The van der Waals surface area contributed by atoms with Crippen molar-refractivity contribution >= 4 is 11.3 Å². The van der Waals surface area contributed by atoms with Crippen molar-refractivity contribution in [3.63, 3.8) is 0 Å². The number of ether oxygens (including phenoxy) is 1. The van der Waals surface area contributed by atoms with Gasteiger partial charge in [0.25, 0.3) is 0 Å². The van der Waals surface area contributed by atoms with Crippen molar-refractivity contribution < 1.29 is 4.74 Å². The van der Waals surface area contributed by atoms with Gasteiger partial charge in [-0.1, -0.05) is 0 Å². The Bertz CT molecular complexity index is 805. The molecule has 0 bridgehead atoms. The molecule has 6 heteroatoms. The zero-order valence-corrected chi connectivity index (χ0v) is 13.1. The molecule has 1 aliphatic heterocycles. The van der Waals surface area contributed by atoms with Gasteiger partial charge in [-0.25, -0.2) is 9.50 Å². The van der Waals surface area contributed by atoms with Crippen LogP contribution in [0.5, 0.6) is 5.75 Å². The van der Waals surface area contributed by atoms with E-state index in [1.165, 1.54) is 5.69 Å². The lowest BCUT2D eigenvalue weighted by molar-refractivity contribution is 0.415. The summed E-state index contributed by atoms with van der Waals surface area (Å²) in [5.41, 5.74) is 3.05. The Morgan fingerprint density at radius 2 is 1.87 bits per heavy atom. The second-order valence-corrected chi connectivity index (χ2v) is 5.59. The number of pyridine rings is 1. The Morgan fingerprint density at radius 3 is 2.61 bits per heavy atom. The van der Waals surface area contributed by atoms with Crippen LogP contribution in [0.4, 0.5) is 5.69 Å². The molecule has 1 N–H and O–H groups in total. The summed E-state index contributed by atoms with van der Waals surface area (Å²) in [6.07, 6.45) is 1.98. The van der Waals surface area contributed by atoms with Crippen molar-refractivity contribution in [1.82, 2.24) is 19.9 Å². The van der Waals surface area contributed by atoms with E-state index in [0.717, 1.165) is 49.0 Å². The molecule has 0 aliphatic carbocycles. The molecule has 118 valence electrons. The Morgan fingerprint density at radius 1 is 1.09 bits per heavy atom. The van der Waals surface area contributed by atoms with Crippen LogP contribution in [0.1, 0.15) is 0 Å². The highest BCUT2D eigenvalue weighted by atomic mass is 16.5. The molecule has 1 fully saturated rings. The fourth-order valence-corrected chi connectivity index (χ4v) is 2.85. The maximum absolute atomic E-state index is 5.19. The molecule has 0 spiro atoms. The number of fused-ring (bicyclic) bond motifs is 1. The van der Waals surface area contributed by atoms with E-state index in [4.69, 9.17) is 4.74 Å². The average molecular weight is 309 g/mol. The number of piperazine rings is 1. The van der Waals surface area contributed by atoms with E-state index >= 15 is 0 Å². The van der Waals surface area contributed by atoms with Gasteiger partial charge in [-0.05, 0) is 30.3 Å². The maximum atomic E-state index is 5.19. The van der Waals surface area contributed by atoms with Crippen LogP contribution in [-0.2, 0) is 0 Å². The highest BCUT2D eigenvalue weighted by Gasteiger charge is 2.12. The molecule has 0 saturated carbocycles. The first kappa shape index (κ1) is 14.0. The van der Waals surface area contributed by atoms with E-state index in [9.17, 15) is 0 Å². The molecular weight excluding hydrogens is 290 g/mol. The summed E-state index contributed by atoms with van der Waals surface area (Å²) in [4.78, 5) is 7.04. The van der Waals surface area contributed by atoms with Gasteiger partial charge in [0.05, 0.1) is 7.11 Å². The lowest BCUT2D eigenvalue weighted by Crippen LogP contribution is -2.43.